The standard InChI is InChI=1S/C20H26N2O5S/c1-5-22(28(24,25)19-13-11-18(12-14-19)27-6-2)15-20(23)21(3)16-7-9-17(26-4)10-8-16/h7-14H,5-6,15H2,1-4H3. The van der Waals surface area contributed by atoms with Gasteiger partial charge in [-0.1, -0.05) is 6.92 Å². The molecule has 152 valence electrons. The molecule has 0 bridgehead atoms. The zero-order chi connectivity index (χ0) is 20.7. The number of rotatable bonds is 9. The van der Waals surface area contributed by atoms with Crippen LogP contribution in [0.15, 0.2) is 53.4 Å². The molecular formula is C20H26N2O5S. The topological polar surface area (TPSA) is 76.2 Å². The van der Waals surface area contributed by atoms with Crippen LogP contribution >= 0.6 is 0 Å². The van der Waals surface area contributed by atoms with E-state index in [0.29, 0.717) is 23.8 Å². The molecule has 0 aromatic heterocycles. The number of likely N-dealkylation sites (N-methyl/N-ethyl adjacent to an activating group) is 2. The number of hydrogen-bond donors (Lipinski definition) is 0. The minimum Gasteiger partial charge on any atom is -0.497 e. The Kier molecular flexibility index (Phi) is 7.42. The molecule has 0 heterocycles. The normalized spacial score (nSPS) is 11.3. The molecule has 0 spiro atoms. The average molecular weight is 407 g/mol. The minimum atomic E-state index is -3.79. The zero-order valence-corrected chi connectivity index (χ0v) is 17.4. The van der Waals surface area contributed by atoms with E-state index in [1.165, 1.54) is 17.0 Å². The lowest BCUT2D eigenvalue weighted by Crippen LogP contribution is -2.41. The van der Waals surface area contributed by atoms with Gasteiger partial charge in [0, 0.05) is 19.3 Å². The molecule has 2 aromatic rings. The molecule has 0 unspecified atom stereocenters. The summed E-state index contributed by atoms with van der Waals surface area (Å²) in [5, 5.41) is 0. The first-order valence-electron chi connectivity index (χ1n) is 8.97. The van der Waals surface area contributed by atoms with Crippen LogP contribution in [0.5, 0.6) is 11.5 Å². The predicted octanol–water partition coefficient (Wildman–Crippen LogP) is 2.77. The van der Waals surface area contributed by atoms with Crippen LogP contribution in [0.1, 0.15) is 13.8 Å². The van der Waals surface area contributed by atoms with Crippen LogP contribution in [0.25, 0.3) is 0 Å². The molecule has 1 amide bonds. The Hall–Kier alpha value is -2.58. The molecule has 2 aromatic carbocycles. The summed E-state index contributed by atoms with van der Waals surface area (Å²) in [5.41, 5.74) is 0.653. The number of hydrogen-bond acceptors (Lipinski definition) is 5. The van der Waals surface area contributed by atoms with E-state index in [4.69, 9.17) is 9.47 Å². The Morgan fingerprint density at radius 1 is 0.964 bits per heavy atom. The fourth-order valence-electron chi connectivity index (χ4n) is 2.60. The molecule has 0 atom stereocenters. The van der Waals surface area contributed by atoms with Crippen LogP contribution in [0, 0.1) is 0 Å². The number of sulfonamides is 1. The Morgan fingerprint density at radius 2 is 1.54 bits per heavy atom. The lowest BCUT2D eigenvalue weighted by molar-refractivity contribution is -0.118. The highest BCUT2D eigenvalue weighted by atomic mass is 32.2. The van der Waals surface area contributed by atoms with Crippen LogP contribution in [-0.2, 0) is 14.8 Å². The second kappa shape index (κ2) is 9.57. The zero-order valence-electron chi connectivity index (χ0n) is 16.6. The molecule has 0 saturated heterocycles. The van der Waals surface area contributed by atoms with E-state index in [1.54, 1.807) is 57.5 Å². The highest BCUT2D eigenvalue weighted by molar-refractivity contribution is 7.89. The van der Waals surface area contributed by atoms with Crippen molar-refractivity contribution in [3.63, 3.8) is 0 Å². The monoisotopic (exact) mass is 406 g/mol. The van der Waals surface area contributed by atoms with E-state index >= 15 is 0 Å². The number of carbonyl (C=O) groups excluding carboxylic acids is 1. The molecule has 0 aliphatic rings. The number of benzene rings is 2. The highest BCUT2D eigenvalue weighted by Crippen LogP contribution is 2.21. The molecule has 28 heavy (non-hydrogen) atoms. The van der Waals surface area contributed by atoms with Crippen molar-refractivity contribution in [1.82, 2.24) is 4.31 Å². The minimum absolute atomic E-state index is 0.123. The predicted molar refractivity (Wildman–Crippen MR) is 108 cm³/mol. The van der Waals surface area contributed by atoms with E-state index in [1.807, 2.05) is 6.92 Å². The summed E-state index contributed by atoms with van der Waals surface area (Å²) in [6.45, 7) is 3.98. The Labute approximate surface area is 166 Å². The maximum absolute atomic E-state index is 12.9. The molecule has 0 N–H and O–H groups in total. The van der Waals surface area contributed by atoms with Gasteiger partial charge in [-0.05, 0) is 55.5 Å². The van der Waals surface area contributed by atoms with E-state index in [2.05, 4.69) is 0 Å². The van der Waals surface area contributed by atoms with Crippen LogP contribution in [0.2, 0.25) is 0 Å². The maximum Gasteiger partial charge on any atom is 0.243 e. The van der Waals surface area contributed by atoms with Crippen LogP contribution in [0.3, 0.4) is 0 Å². The largest absolute Gasteiger partial charge is 0.497 e. The third-order valence-electron chi connectivity index (χ3n) is 4.27. The first-order valence-corrected chi connectivity index (χ1v) is 10.4. The van der Waals surface area contributed by atoms with E-state index in [9.17, 15) is 13.2 Å². The average Bonchev–Trinajstić information content (AvgIpc) is 2.71. The van der Waals surface area contributed by atoms with Gasteiger partial charge in [0.15, 0.2) is 0 Å². The molecule has 0 aliphatic heterocycles. The fourth-order valence-corrected chi connectivity index (χ4v) is 4.00. The number of methoxy groups -OCH3 is 1. The molecule has 7 nitrogen and oxygen atoms in total. The van der Waals surface area contributed by atoms with Gasteiger partial charge in [0.05, 0.1) is 25.2 Å². The maximum atomic E-state index is 12.9. The highest BCUT2D eigenvalue weighted by Gasteiger charge is 2.26. The summed E-state index contributed by atoms with van der Waals surface area (Å²) >= 11 is 0. The molecule has 2 rings (SSSR count). The molecular weight excluding hydrogens is 380 g/mol. The first-order chi connectivity index (χ1) is 13.3. The summed E-state index contributed by atoms with van der Waals surface area (Å²) in [4.78, 5) is 14.2. The Balaban J connectivity index is 2.15. The Morgan fingerprint density at radius 3 is 2.04 bits per heavy atom. The van der Waals surface area contributed by atoms with Gasteiger partial charge in [-0.25, -0.2) is 8.42 Å². The van der Waals surface area contributed by atoms with Crippen LogP contribution in [0.4, 0.5) is 5.69 Å². The second-order valence-corrected chi connectivity index (χ2v) is 7.92. The van der Waals surface area contributed by atoms with Gasteiger partial charge in [0.2, 0.25) is 15.9 Å². The summed E-state index contributed by atoms with van der Waals surface area (Å²) in [6.07, 6.45) is 0. The van der Waals surface area contributed by atoms with E-state index in [-0.39, 0.29) is 23.9 Å². The van der Waals surface area contributed by atoms with Crippen molar-refractivity contribution in [3.8, 4) is 11.5 Å². The summed E-state index contributed by atoms with van der Waals surface area (Å²) in [5.74, 6) is 0.944. The van der Waals surface area contributed by atoms with Gasteiger partial charge >= 0.3 is 0 Å². The molecule has 8 heteroatoms. The van der Waals surface area contributed by atoms with Gasteiger partial charge in [-0.2, -0.15) is 4.31 Å². The van der Waals surface area contributed by atoms with Crippen molar-refractivity contribution in [2.75, 3.05) is 38.8 Å². The van der Waals surface area contributed by atoms with E-state index < -0.39 is 10.0 Å². The van der Waals surface area contributed by atoms with Crippen molar-refractivity contribution >= 4 is 21.6 Å². The van der Waals surface area contributed by atoms with Crippen molar-refractivity contribution < 1.29 is 22.7 Å². The van der Waals surface area contributed by atoms with Gasteiger partial charge in [-0.3, -0.25) is 4.79 Å². The van der Waals surface area contributed by atoms with Gasteiger partial charge in [-0.15, -0.1) is 0 Å². The summed E-state index contributed by atoms with van der Waals surface area (Å²) in [7, 11) is -0.617. The number of amides is 1. The van der Waals surface area contributed by atoms with Crippen molar-refractivity contribution in [3.05, 3.63) is 48.5 Å². The third-order valence-corrected chi connectivity index (χ3v) is 6.21. The molecule has 0 saturated carbocycles. The molecule has 0 radical (unpaired) electrons. The quantitative estimate of drug-likeness (QED) is 0.640. The summed E-state index contributed by atoms with van der Waals surface area (Å²) in [6, 6.07) is 13.2. The van der Waals surface area contributed by atoms with Gasteiger partial charge < -0.3 is 14.4 Å². The van der Waals surface area contributed by atoms with Crippen molar-refractivity contribution in [1.29, 1.82) is 0 Å². The molecule has 0 aliphatic carbocycles. The third kappa shape index (κ3) is 5.02. The van der Waals surface area contributed by atoms with Gasteiger partial charge in [0.1, 0.15) is 11.5 Å². The van der Waals surface area contributed by atoms with Crippen molar-refractivity contribution in [2.45, 2.75) is 18.7 Å². The second-order valence-electron chi connectivity index (χ2n) is 5.99. The lowest BCUT2D eigenvalue weighted by Gasteiger charge is -2.24. The number of anilines is 1. The SMILES string of the molecule is CCOc1ccc(S(=O)(=O)N(CC)CC(=O)N(C)c2ccc(OC)cc2)cc1. The smallest absolute Gasteiger partial charge is 0.243 e. The van der Waals surface area contributed by atoms with Crippen LogP contribution < -0.4 is 14.4 Å². The van der Waals surface area contributed by atoms with Crippen molar-refractivity contribution in [2.24, 2.45) is 0 Å². The van der Waals surface area contributed by atoms with Gasteiger partial charge in [0.25, 0.3) is 0 Å². The van der Waals surface area contributed by atoms with Crippen LogP contribution in [-0.4, -0.2) is 52.5 Å². The first kappa shape index (κ1) is 21.7. The fraction of sp³-hybridized carbons (Fsp3) is 0.350. The number of carbonyl (C=O) groups is 1. The number of nitrogens with zero attached hydrogens (tertiary/aromatic N) is 2. The molecule has 0 fully saturated rings. The van der Waals surface area contributed by atoms with E-state index in [0.717, 1.165) is 4.31 Å². The Bertz CT molecular complexity index is 880. The number of ether oxygens (including phenoxy) is 2. The lowest BCUT2D eigenvalue weighted by atomic mass is 10.3. The summed E-state index contributed by atoms with van der Waals surface area (Å²) < 4.78 is 37.4.